The lowest BCUT2D eigenvalue weighted by molar-refractivity contribution is 0.414. The van der Waals surface area contributed by atoms with Gasteiger partial charge in [-0.05, 0) is 48.4 Å². The van der Waals surface area contributed by atoms with E-state index in [1.807, 2.05) is 42.5 Å². The second-order valence-corrected chi connectivity index (χ2v) is 4.99. The Balaban J connectivity index is 1.98. The second kappa shape index (κ2) is 5.80. The first-order valence-corrected chi connectivity index (χ1v) is 6.95. The molecule has 0 saturated carbocycles. The van der Waals surface area contributed by atoms with Crippen LogP contribution < -0.4 is 4.74 Å². The van der Waals surface area contributed by atoms with Crippen LogP contribution in [-0.4, -0.2) is 12.1 Å². The van der Waals surface area contributed by atoms with E-state index < -0.39 is 0 Å². The summed E-state index contributed by atoms with van der Waals surface area (Å²) in [7, 11) is 1.68. The molecule has 0 unspecified atom stereocenters. The van der Waals surface area contributed by atoms with Crippen molar-refractivity contribution in [2.24, 2.45) is 0 Å². The number of benzene rings is 2. The topological polar surface area (TPSA) is 22.1 Å². The molecule has 3 aromatic rings. The van der Waals surface area contributed by atoms with E-state index in [-0.39, 0.29) is 0 Å². The Morgan fingerprint density at radius 2 is 1.86 bits per heavy atom. The predicted octanol–water partition coefficient (Wildman–Crippen LogP) is 4.80. The molecule has 0 aliphatic rings. The van der Waals surface area contributed by atoms with Crippen LogP contribution in [0, 0.1) is 0 Å². The number of hydrogen-bond acceptors (Lipinski definition) is 2. The summed E-state index contributed by atoms with van der Waals surface area (Å²) >= 11 is 0. The van der Waals surface area contributed by atoms with Crippen molar-refractivity contribution in [1.29, 1.82) is 0 Å². The van der Waals surface area contributed by atoms with E-state index in [0.717, 1.165) is 33.5 Å². The molecule has 2 aromatic carbocycles. The van der Waals surface area contributed by atoms with Crippen molar-refractivity contribution in [1.82, 2.24) is 4.98 Å². The van der Waals surface area contributed by atoms with E-state index in [1.54, 1.807) is 7.11 Å². The van der Waals surface area contributed by atoms with E-state index in [9.17, 15) is 0 Å². The van der Waals surface area contributed by atoms with Crippen LogP contribution in [0.1, 0.15) is 18.2 Å². The Bertz CT molecular complexity index is 805. The number of nitrogens with zero attached hydrogens (tertiary/aromatic N) is 1. The maximum Gasteiger partial charge on any atom is 0.119 e. The monoisotopic (exact) mass is 275 g/mol. The molecule has 0 spiro atoms. The molecular formula is C19H17NO. The molecule has 104 valence electrons. The molecule has 0 bridgehead atoms. The summed E-state index contributed by atoms with van der Waals surface area (Å²) < 4.78 is 5.27. The molecule has 0 aliphatic carbocycles. The lowest BCUT2D eigenvalue weighted by Crippen LogP contribution is -1.87. The molecule has 0 N–H and O–H groups in total. The zero-order valence-corrected chi connectivity index (χ0v) is 12.2. The molecule has 1 aromatic heterocycles. The fraction of sp³-hybridized carbons (Fsp3) is 0.105. The highest BCUT2D eigenvalue weighted by atomic mass is 16.5. The minimum atomic E-state index is 0.867. The molecule has 0 aliphatic heterocycles. The van der Waals surface area contributed by atoms with E-state index in [4.69, 9.17) is 4.74 Å². The van der Waals surface area contributed by atoms with Crippen molar-refractivity contribution >= 4 is 22.6 Å². The summed E-state index contributed by atoms with van der Waals surface area (Å²) in [6, 6.07) is 20.4. The Labute approximate surface area is 124 Å². The van der Waals surface area contributed by atoms with Gasteiger partial charge in [0.25, 0.3) is 0 Å². The van der Waals surface area contributed by atoms with E-state index >= 15 is 0 Å². The van der Waals surface area contributed by atoms with E-state index in [0.29, 0.717) is 0 Å². The summed E-state index contributed by atoms with van der Waals surface area (Å²) in [5.41, 5.74) is 4.29. The summed E-state index contributed by atoms with van der Waals surface area (Å²) in [6.45, 7) is 2.09. The van der Waals surface area contributed by atoms with E-state index in [2.05, 4.69) is 36.2 Å². The highest BCUT2D eigenvalue weighted by Crippen LogP contribution is 2.22. The molecule has 3 rings (SSSR count). The molecule has 0 radical (unpaired) electrons. The summed E-state index contributed by atoms with van der Waals surface area (Å²) in [5.74, 6) is 0.867. The van der Waals surface area contributed by atoms with Crippen LogP contribution in [0.4, 0.5) is 0 Å². The molecule has 0 amide bonds. The van der Waals surface area contributed by atoms with Gasteiger partial charge in [0.1, 0.15) is 5.75 Å². The Kier molecular flexibility index (Phi) is 3.69. The largest absolute Gasteiger partial charge is 0.497 e. The van der Waals surface area contributed by atoms with Gasteiger partial charge in [-0.15, -0.1) is 0 Å². The van der Waals surface area contributed by atoms with Crippen LogP contribution in [0.15, 0.2) is 60.7 Å². The maximum absolute atomic E-state index is 5.27. The third kappa shape index (κ3) is 2.95. The van der Waals surface area contributed by atoms with Gasteiger partial charge < -0.3 is 4.74 Å². The van der Waals surface area contributed by atoms with Crippen molar-refractivity contribution < 1.29 is 4.74 Å². The van der Waals surface area contributed by atoms with Crippen LogP contribution in [0.5, 0.6) is 5.75 Å². The first-order valence-electron chi connectivity index (χ1n) is 6.95. The standard InChI is InChI=1S/C19H17NO/c1-14(16-7-5-8-18(13-16)21-2)12-17-11-10-15-6-3-4-9-19(15)20-17/h3-13H,1-2H3/b14-12+. The number of ether oxygens (including phenoxy) is 1. The fourth-order valence-corrected chi connectivity index (χ4v) is 2.34. The average molecular weight is 275 g/mol. The number of rotatable bonds is 3. The van der Waals surface area contributed by atoms with Crippen LogP contribution >= 0.6 is 0 Å². The van der Waals surface area contributed by atoms with Crippen molar-refractivity contribution in [2.45, 2.75) is 6.92 Å². The molecule has 0 saturated heterocycles. The van der Waals surface area contributed by atoms with Gasteiger partial charge in [-0.3, -0.25) is 0 Å². The van der Waals surface area contributed by atoms with Gasteiger partial charge in [0.2, 0.25) is 0 Å². The van der Waals surface area contributed by atoms with Gasteiger partial charge >= 0.3 is 0 Å². The lowest BCUT2D eigenvalue weighted by Gasteiger charge is -2.05. The Hall–Kier alpha value is -2.61. The zero-order chi connectivity index (χ0) is 14.7. The van der Waals surface area contributed by atoms with Crippen molar-refractivity contribution in [3.05, 3.63) is 71.9 Å². The number of aromatic nitrogens is 1. The molecule has 2 heteroatoms. The number of allylic oxidation sites excluding steroid dienone is 1. The normalized spacial score (nSPS) is 11.6. The minimum absolute atomic E-state index is 0.867. The lowest BCUT2D eigenvalue weighted by atomic mass is 10.1. The van der Waals surface area contributed by atoms with Gasteiger partial charge in [0.15, 0.2) is 0 Å². The number of fused-ring (bicyclic) bond motifs is 1. The molecule has 1 heterocycles. The fourth-order valence-electron chi connectivity index (χ4n) is 2.34. The average Bonchev–Trinajstić information content (AvgIpc) is 2.54. The molecule has 21 heavy (non-hydrogen) atoms. The first kappa shape index (κ1) is 13.4. The Morgan fingerprint density at radius 3 is 2.71 bits per heavy atom. The van der Waals surface area contributed by atoms with Crippen LogP contribution in [0.2, 0.25) is 0 Å². The summed E-state index contributed by atoms with van der Waals surface area (Å²) in [4.78, 5) is 4.68. The third-order valence-electron chi connectivity index (χ3n) is 3.51. The molecular weight excluding hydrogens is 258 g/mol. The Morgan fingerprint density at radius 1 is 1.00 bits per heavy atom. The van der Waals surface area contributed by atoms with Gasteiger partial charge in [-0.1, -0.05) is 36.4 Å². The zero-order valence-electron chi connectivity index (χ0n) is 12.2. The van der Waals surface area contributed by atoms with Crippen molar-refractivity contribution in [3.63, 3.8) is 0 Å². The molecule has 0 fully saturated rings. The molecule has 2 nitrogen and oxygen atoms in total. The molecule has 0 atom stereocenters. The van der Waals surface area contributed by atoms with Gasteiger partial charge in [-0.25, -0.2) is 4.98 Å². The number of hydrogen-bond donors (Lipinski definition) is 0. The maximum atomic E-state index is 5.27. The highest BCUT2D eigenvalue weighted by molar-refractivity contribution is 5.83. The van der Waals surface area contributed by atoms with Gasteiger partial charge in [-0.2, -0.15) is 0 Å². The van der Waals surface area contributed by atoms with Crippen LogP contribution in [0.3, 0.4) is 0 Å². The number of pyridine rings is 1. The van der Waals surface area contributed by atoms with Gasteiger partial charge in [0.05, 0.1) is 18.3 Å². The van der Waals surface area contributed by atoms with Crippen LogP contribution in [-0.2, 0) is 0 Å². The minimum Gasteiger partial charge on any atom is -0.497 e. The number of para-hydroxylation sites is 1. The summed E-state index contributed by atoms with van der Waals surface area (Å²) in [5, 5.41) is 1.16. The number of methoxy groups -OCH3 is 1. The van der Waals surface area contributed by atoms with Crippen LogP contribution in [0.25, 0.3) is 22.6 Å². The van der Waals surface area contributed by atoms with Crippen molar-refractivity contribution in [3.8, 4) is 5.75 Å². The SMILES string of the molecule is COc1cccc(/C(C)=C/c2ccc3ccccc3n2)c1. The second-order valence-electron chi connectivity index (χ2n) is 4.99. The van der Waals surface area contributed by atoms with E-state index in [1.165, 1.54) is 0 Å². The first-order chi connectivity index (χ1) is 10.3. The van der Waals surface area contributed by atoms with Crippen molar-refractivity contribution in [2.75, 3.05) is 7.11 Å². The van der Waals surface area contributed by atoms with Gasteiger partial charge in [0, 0.05) is 5.39 Å². The smallest absolute Gasteiger partial charge is 0.119 e. The third-order valence-corrected chi connectivity index (χ3v) is 3.51. The highest BCUT2D eigenvalue weighted by Gasteiger charge is 2.00. The quantitative estimate of drug-likeness (QED) is 0.684. The summed E-state index contributed by atoms with van der Waals surface area (Å²) in [6.07, 6.45) is 2.10. The predicted molar refractivity (Wildman–Crippen MR) is 88.3 cm³/mol.